The lowest BCUT2D eigenvalue weighted by Gasteiger charge is -2.09. The minimum atomic E-state index is -0.658. The summed E-state index contributed by atoms with van der Waals surface area (Å²) in [5.41, 5.74) is 0.189. The zero-order chi connectivity index (χ0) is 16.6. The van der Waals surface area contributed by atoms with E-state index in [9.17, 15) is 14.0 Å². The molecule has 23 heavy (non-hydrogen) atoms. The van der Waals surface area contributed by atoms with Crippen molar-refractivity contribution < 1.29 is 9.18 Å². The van der Waals surface area contributed by atoms with E-state index in [1.54, 1.807) is 19.2 Å². The van der Waals surface area contributed by atoms with Gasteiger partial charge in [-0.2, -0.15) is 0 Å². The molecule has 0 atom stereocenters. The Balaban J connectivity index is 2.07. The van der Waals surface area contributed by atoms with Crippen molar-refractivity contribution in [3.8, 4) is 0 Å². The molecule has 116 valence electrons. The highest BCUT2D eigenvalue weighted by Crippen LogP contribution is 2.23. The van der Waals surface area contributed by atoms with Gasteiger partial charge in [0.1, 0.15) is 5.56 Å². The van der Waals surface area contributed by atoms with Crippen molar-refractivity contribution in [3.63, 3.8) is 0 Å². The number of aryl methyl sites for hydroxylation is 1. The molecule has 2 aromatic heterocycles. The van der Waals surface area contributed by atoms with Gasteiger partial charge in [-0.15, -0.1) is 0 Å². The van der Waals surface area contributed by atoms with Crippen LogP contribution in [0.4, 0.5) is 10.3 Å². The van der Waals surface area contributed by atoms with Crippen molar-refractivity contribution >= 4 is 38.7 Å². The number of hydrogen-bond donors (Lipinski definition) is 1. The van der Waals surface area contributed by atoms with E-state index in [-0.39, 0.29) is 11.5 Å². The van der Waals surface area contributed by atoms with E-state index in [2.05, 4.69) is 31.2 Å². The number of aromatic nitrogens is 3. The van der Waals surface area contributed by atoms with Crippen LogP contribution in [0.1, 0.15) is 10.4 Å². The van der Waals surface area contributed by atoms with Crippen molar-refractivity contribution in [2.24, 2.45) is 7.05 Å². The number of hydrogen-bond acceptors (Lipinski definition) is 4. The van der Waals surface area contributed by atoms with Crippen molar-refractivity contribution in [1.82, 2.24) is 14.5 Å². The van der Waals surface area contributed by atoms with Crippen LogP contribution in [-0.4, -0.2) is 20.4 Å². The highest BCUT2D eigenvalue weighted by Gasteiger charge is 2.16. The predicted molar refractivity (Wildman–Crippen MR) is 86.8 cm³/mol. The SMILES string of the molecule is Cn1c(=O)c(C(=O)Nc2ncc(F)cn2)cc2c(Br)cccc21. The van der Waals surface area contributed by atoms with Crippen LogP contribution in [0, 0.1) is 5.82 Å². The number of carbonyl (C=O) groups excluding carboxylic acids is 1. The number of pyridine rings is 1. The van der Waals surface area contributed by atoms with Gasteiger partial charge in [0.25, 0.3) is 11.5 Å². The van der Waals surface area contributed by atoms with Crippen molar-refractivity contribution in [3.05, 3.63) is 62.9 Å². The summed E-state index contributed by atoms with van der Waals surface area (Å²) in [7, 11) is 1.59. The number of amides is 1. The number of nitrogens with one attached hydrogen (secondary N) is 1. The molecule has 0 bridgehead atoms. The molecule has 3 aromatic rings. The van der Waals surface area contributed by atoms with Gasteiger partial charge in [0, 0.05) is 16.9 Å². The minimum absolute atomic E-state index is 0.0557. The maximum atomic E-state index is 12.8. The van der Waals surface area contributed by atoms with Gasteiger partial charge in [0.05, 0.1) is 17.9 Å². The Morgan fingerprint density at radius 1 is 1.30 bits per heavy atom. The summed E-state index contributed by atoms with van der Waals surface area (Å²) >= 11 is 3.40. The molecule has 0 fully saturated rings. The van der Waals surface area contributed by atoms with Crippen LogP contribution >= 0.6 is 15.9 Å². The van der Waals surface area contributed by atoms with Gasteiger partial charge in [-0.3, -0.25) is 14.9 Å². The third-order valence-corrected chi connectivity index (χ3v) is 4.00. The van der Waals surface area contributed by atoms with Gasteiger partial charge >= 0.3 is 0 Å². The summed E-state index contributed by atoms with van der Waals surface area (Å²) in [6.07, 6.45) is 1.86. The first-order valence-electron chi connectivity index (χ1n) is 6.54. The number of carbonyl (C=O) groups is 1. The van der Waals surface area contributed by atoms with Gasteiger partial charge in [0.2, 0.25) is 5.95 Å². The normalized spacial score (nSPS) is 10.7. The molecule has 1 amide bonds. The molecule has 1 aromatic carbocycles. The second-order valence-electron chi connectivity index (χ2n) is 4.77. The summed E-state index contributed by atoms with van der Waals surface area (Å²) in [5.74, 6) is -1.35. The zero-order valence-electron chi connectivity index (χ0n) is 11.9. The summed E-state index contributed by atoms with van der Waals surface area (Å²) in [5, 5.41) is 3.10. The van der Waals surface area contributed by atoms with Gasteiger partial charge < -0.3 is 4.57 Å². The van der Waals surface area contributed by atoms with Gasteiger partial charge in [-0.25, -0.2) is 14.4 Å². The molecule has 3 rings (SSSR count). The average molecular weight is 377 g/mol. The second-order valence-corrected chi connectivity index (χ2v) is 5.63. The summed E-state index contributed by atoms with van der Waals surface area (Å²) in [6.45, 7) is 0. The number of nitrogens with zero attached hydrogens (tertiary/aromatic N) is 3. The maximum absolute atomic E-state index is 12.8. The van der Waals surface area contributed by atoms with Crippen LogP contribution in [0.15, 0.2) is 45.9 Å². The first-order valence-corrected chi connectivity index (χ1v) is 7.34. The van der Waals surface area contributed by atoms with Crippen molar-refractivity contribution in [2.75, 3.05) is 5.32 Å². The van der Waals surface area contributed by atoms with Gasteiger partial charge in [-0.05, 0) is 18.2 Å². The zero-order valence-corrected chi connectivity index (χ0v) is 13.5. The fourth-order valence-corrected chi connectivity index (χ4v) is 2.64. The highest BCUT2D eigenvalue weighted by molar-refractivity contribution is 9.10. The monoisotopic (exact) mass is 376 g/mol. The van der Waals surface area contributed by atoms with Crippen LogP contribution in [0.3, 0.4) is 0 Å². The van der Waals surface area contributed by atoms with Crippen LogP contribution in [0.2, 0.25) is 0 Å². The molecule has 2 heterocycles. The molecule has 0 aliphatic rings. The molecule has 0 aliphatic carbocycles. The van der Waals surface area contributed by atoms with E-state index in [4.69, 9.17) is 0 Å². The van der Waals surface area contributed by atoms with Crippen molar-refractivity contribution in [2.45, 2.75) is 0 Å². The standard InChI is InChI=1S/C15H10BrFN4O2/c1-21-12-4-2-3-11(16)9(12)5-10(14(21)23)13(22)20-15-18-6-8(17)7-19-15/h2-7H,1H3,(H,18,19,20,22). The van der Waals surface area contributed by atoms with E-state index < -0.39 is 17.3 Å². The second kappa shape index (κ2) is 5.88. The lowest BCUT2D eigenvalue weighted by Crippen LogP contribution is -2.28. The Kier molecular flexibility index (Phi) is 3.91. The van der Waals surface area contributed by atoms with Crippen LogP contribution < -0.4 is 10.9 Å². The van der Waals surface area contributed by atoms with Crippen LogP contribution in [-0.2, 0) is 7.05 Å². The largest absolute Gasteiger partial charge is 0.311 e. The third-order valence-electron chi connectivity index (χ3n) is 3.31. The maximum Gasteiger partial charge on any atom is 0.263 e. The minimum Gasteiger partial charge on any atom is -0.311 e. The van der Waals surface area contributed by atoms with E-state index in [1.165, 1.54) is 10.6 Å². The van der Waals surface area contributed by atoms with Gasteiger partial charge in [0.15, 0.2) is 5.82 Å². The molecule has 0 saturated carbocycles. The fourth-order valence-electron chi connectivity index (χ4n) is 2.17. The quantitative estimate of drug-likeness (QED) is 0.745. The van der Waals surface area contributed by atoms with Crippen LogP contribution in [0.25, 0.3) is 10.9 Å². The topological polar surface area (TPSA) is 76.9 Å². The first-order chi connectivity index (χ1) is 11.0. The molecule has 0 aliphatic heterocycles. The molecular weight excluding hydrogens is 367 g/mol. The Hall–Kier alpha value is -2.61. The molecule has 0 radical (unpaired) electrons. The highest BCUT2D eigenvalue weighted by atomic mass is 79.9. The molecule has 8 heteroatoms. The van der Waals surface area contributed by atoms with E-state index in [0.717, 1.165) is 22.3 Å². The van der Waals surface area contributed by atoms with E-state index >= 15 is 0 Å². The van der Waals surface area contributed by atoms with E-state index in [1.807, 2.05) is 6.07 Å². The molecule has 0 unspecified atom stereocenters. The Labute approximate surface area is 138 Å². The van der Waals surface area contributed by atoms with Crippen molar-refractivity contribution in [1.29, 1.82) is 0 Å². The lowest BCUT2D eigenvalue weighted by atomic mass is 10.1. The Morgan fingerprint density at radius 2 is 2.00 bits per heavy atom. The predicted octanol–water partition coefficient (Wildman–Crippen LogP) is 2.48. The van der Waals surface area contributed by atoms with Crippen LogP contribution in [0.5, 0.6) is 0 Å². The number of benzene rings is 1. The molecule has 6 nitrogen and oxygen atoms in total. The number of rotatable bonds is 2. The Bertz CT molecular complexity index is 970. The number of halogens is 2. The first kappa shape index (κ1) is 15.3. The summed E-state index contributed by atoms with van der Waals surface area (Å²) < 4.78 is 14.9. The number of fused-ring (bicyclic) bond motifs is 1. The average Bonchev–Trinajstić information content (AvgIpc) is 2.53. The smallest absolute Gasteiger partial charge is 0.263 e. The van der Waals surface area contributed by atoms with Gasteiger partial charge in [-0.1, -0.05) is 22.0 Å². The molecule has 0 saturated heterocycles. The molecule has 1 N–H and O–H groups in total. The number of anilines is 1. The molecular formula is C15H10BrFN4O2. The fraction of sp³-hybridized carbons (Fsp3) is 0.0667. The molecule has 0 spiro atoms. The summed E-state index contributed by atoms with van der Waals surface area (Å²) in [6, 6.07) is 6.91. The van der Waals surface area contributed by atoms with E-state index in [0.29, 0.717) is 5.52 Å². The third kappa shape index (κ3) is 2.85. The summed E-state index contributed by atoms with van der Waals surface area (Å²) in [4.78, 5) is 32.0. The Morgan fingerprint density at radius 3 is 2.70 bits per heavy atom. The lowest BCUT2D eigenvalue weighted by molar-refractivity contribution is 0.102.